The van der Waals surface area contributed by atoms with Crippen LogP contribution in [0.2, 0.25) is 0 Å². The summed E-state index contributed by atoms with van der Waals surface area (Å²) in [4.78, 5) is 28.9. The second kappa shape index (κ2) is 8.94. The summed E-state index contributed by atoms with van der Waals surface area (Å²) in [6, 6.07) is 3.30. The number of amides is 1. The molecule has 1 aromatic heterocycles. The van der Waals surface area contributed by atoms with Crippen LogP contribution in [-0.4, -0.2) is 71.5 Å². The smallest absolute Gasteiger partial charge is 0.397 e. The minimum Gasteiger partial charge on any atom is -0.491 e. The Morgan fingerprint density at radius 2 is 1.97 bits per heavy atom. The normalized spacial score (nSPS) is 20.8. The molecular formula is C22H23ClF3N5O3. The fraction of sp³-hybridized carbons (Fsp3) is 0.455. The van der Waals surface area contributed by atoms with Crippen LogP contribution < -0.4 is 4.74 Å². The van der Waals surface area contributed by atoms with E-state index in [4.69, 9.17) is 21.1 Å². The molecule has 0 aromatic carbocycles. The van der Waals surface area contributed by atoms with Crippen molar-refractivity contribution in [3.63, 3.8) is 0 Å². The SMILES string of the molecule is C=C(Cl)/N=C1/N=C(N2CCN(C(=O)c3ccc(OCC4(C(F)(F)F)CC4)c(C)n3)CC2)OC1=C. The quantitative estimate of drug-likeness (QED) is 0.577. The summed E-state index contributed by atoms with van der Waals surface area (Å²) in [6.45, 7) is 10.1. The number of aromatic nitrogens is 1. The van der Waals surface area contributed by atoms with Gasteiger partial charge in [-0.3, -0.25) is 4.79 Å². The Bertz CT molecular complexity index is 1090. The second-order valence-electron chi connectivity index (χ2n) is 8.36. The van der Waals surface area contributed by atoms with Gasteiger partial charge in [-0.25, -0.2) is 9.98 Å². The molecule has 2 fully saturated rings. The maximum Gasteiger partial charge on any atom is 0.397 e. The highest BCUT2D eigenvalue weighted by molar-refractivity contribution is 6.30. The monoisotopic (exact) mass is 497 g/mol. The van der Waals surface area contributed by atoms with Gasteiger partial charge in [-0.1, -0.05) is 24.8 Å². The number of nitrogens with zero attached hydrogens (tertiary/aromatic N) is 5. The van der Waals surface area contributed by atoms with Crippen LogP contribution in [0.5, 0.6) is 5.75 Å². The molecule has 0 spiro atoms. The maximum atomic E-state index is 13.1. The first kappa shape index (κ1) is 24.1. The molecule has 12 heteroatoms. The molecule has 8 nitrogen and oxygen atoms in total. The number of rotatable bonds is 5. The molecule has 0 N–H and O–H groups in total. The summed E-state index contributed by atoms with van der Waals surface area (Å²) in [5.74, 6) is 0.478. The summed E-state index contributed by atoms with van der Waals surface area (Å²) in [5.41, 5.74) is -1.20. The van der Waals surface area contributed by atoms with Crippen molar-refractivity contribution in [2.45, 2.75) is 25.9 Å². The third-order valence-electron chi connectivity index (χ3n) is 5.95. The van der Waals surface area contributed by atoms with Gasteiger partial charge in [0.2, 0.25) is 5.84 Å². The van der Waals surface area contributed by atoms with E-state index in [9.17, 15) is 18.0 Å². The van der Waals surface area contributed by atoms with E-state index in [-0.39, 0.29) is 46.9 Å². The first-order valence-electron chi connectivity index (χ1n) is 10.6. The number of alkyl halides is 3. The Hall–Kier alpha value is -3.08. The van der Waals surface area contributed by atoms with E-state index in [0.29, 0.717) is 37.9 Å². The highest BCUT2D eigenvalue weighted by Gasteiger charge is 2.63. The number of ether oxygens (including phenoxy) is 2. The molecule has 0 atom stereocenters. The van der Waals surface area contributed by atoms with E-state index in [1.54, 1.807) is 11.8 Å². The van der Waals surface area contributed by atoms with Crippen LogP contribution in [0.4, 0.5) is 13.2 Å². The predicted molar refractivity (Wildman–Crippen MR) is 120 cm³/mol. The Labute approximate surface area is 199 Å². The highest BCUT2D eigenvalue weighted by atomic mass is 35.5. The van der Waals surface area contributed by atoms with Gasteiger partial charge in [-0.2, -0.15) is 18.2 Å². The first-order chi connectivity index (χ1) is 16.0. The van der Waals surface area contributed by atoms with Crippen molar-refractivity contribution in [2.75, 3.05) is 32.8 Å². The molecule has 3 heterocycles. The van der Waals surface area contributed by atoms with Crippen LogP contribution in [0.1, 0.15) is 29.0 Å². The van der Waals surface area contributed by atoms with Gasteiger partial charge in [0.05, 0.1) is 5.69 Å². The summed E-state index contributed by atoms with van der Waals surface area (Å²) in [6.07, 6.45) is -4.16. The molecular weight excluding hydrogens is 475 g/mol. The Morgan fingerprint density at radius 1 is 1.29 bits per heavy atom. The van der Waals surface area contributed by atoms with Crippen molar-refractivity contribution >= 4 is 29.4 Å². The Kier molecular flexibility index (Phi) is 6.32. The maximum absolute atomic E-state index is 13.1. The van der Waals surface area contributed by atoms with Gasteiger partial charge >= 0.3 is 6.18 Å². The lowest BCUT2D eigenvalue weighted by atomic mass is 10.1. The summed E-state index contributed by atoms with van der Waals surface area (Å²) in [5, 5.41) is 0.0618. The molecule has 0 unspecified atom stereocenters. The topological polar surface area (TPSA) is 79.6 Å². The lowest BCUT2D eigenvalue weighted by Gasteiger charge is -2.34. The molecule has 3 aliphatic rings. The number of carbonyl (C=O) groups excluding carboxylic acids is 1. The zero-order valence-electron chi connectivity index (χ0n) is 18.5. The average Bonchev–Trinajstić information content (AvgIpc) is 3.50. The molecule has 1 saturated carbocycles. The van der Waals surface area contributed by atoms with Crippen LogP contribution >= 0.6 is 11.6 Å². The van der Waals surface area contributed by atoms with E-state index >= 15 is 0 Å². The zero-order valence-corrected chi connectivity index (χ0v) is 19.2. The van der Waals surface area contributed by atoms with Crippen molar-refractivity contribution in [1.82, 2.24) is 14.8 Å². The van der Waals surface area contributed by atoms with Gasteiger partial charge in [0.15, 0.2) is 5.76 Å². The third-order valence-corrected chi connectivity index (χ3v) is 6.03. The van der Waals surface area contributed by atoms with Crippen LogP contribution in [0.3, 0.4) is 0 Å². The number of carbonyl (C=O) groups is 1. The van der Waals surface area contributed by atoms with E-state index in [1.165, 1.54) is 12.1 Å². The van der Waals surface area contributed by atoms with E-state index < -0.39 is 18.2 Å². The molecule has 0 radical (unpaired) electrons. The summed E-state index contributed by atoms with van der Waals surface area (Å²) < 4.78 is 50.3. The molecule has 1 saturated heterocycles. The Morgan fingerprint density at radius 3 is 2.53 bits per heavy atom. The first-order valence-corrected chi connectivity index (χ1v) is 11.0. The van der Waals surface area contributed by atoms with Gasteiger partial charge in [-0.05, 0) is 31.9 Å². The van der Waals surface area contributed by atoms with Gasteiger partial charge < -0.3 is 19.3 Å². The number of hydrogen-bond acceptors (Lipinski definition) is 6. The summed E-state index contributed by atoms with van der Waals surface area (Å²) >= 11 is 5.68. The number of halogens is 4. The second-order valence-corrected chi connectivity index (χ2v) is 8.79. The van der Waals surface area contributed by atoms with Crippen molar-refractivity contribution in [2.24, 2.45) is 15.4 Å². The van der Waals surface area contributed by atoms with Gasteiger partial charge in [-0.15, -0.1) is 0 Å². The van der Waals surface area contributed by atoms with E-state index in [0.717, 1.165) is 0 Å². The van der Waals surface area contributed by atoms with E-state index in [2.05, 4.69) is 28.1 Å². The fourth-order valence-electron chi connectivity index (χ4n) is 3.63. The molecule has 2 aliphatic heterocycles. The zero-order chi connectivity index (χ0) is 24.7. The molecule has 4 rings (SSSR count). The Balaban J connectivity index is 1.34. The number of amidine groups is 2. The van der Waals surface area contributed by atoms with Crippen molar-refractivity contribution in [3.05, 3.63) is 47.6 Å². The highest BCUT2D eigenvalue weighted by Crippen LogP contribution is 2.57. The van der Waals surface area contributed by atoms with Crippen LogP contribution in [-0.2, 0) is 4.74 Å². The van der Waals surface area contributed by atoms with Gasteiger partial charge in [0, 0.05) is 26.2 Å². The van der Waals surface area contributed by atoms with Crippen LogP contribution in [0.15, 0.2) is 46.2 Å². The molecule has 1 aromatic rings. The van der Waals surface area contributed by atoms with E-state index in [1.807, 2.05) is 4.90 Å². The molecule has 1 amide bonds. The minimum atomic E-state index is -4.29. The van der Waals surface area contributed by atoms with Crippen molar-refractivity contribution in [1.29, 1.82) is 0 Å². The number of hydrogen-bond donors (Lipinski definition) is 0. The molecule has 0 bridgehead atoms. The minimum absolute atomic E-state index is 0.0618. The number of piperazine rings is 1. The average molecular weight is 498 g/mol. The predicted octanol–water partition coefficient (Wildman–Crippen LogP) is 3.88. The van der Waals surface area contributed by atoms with Crippen LogP contribution in [0, 0.1) is 12.3 Å². The molecule has 1 aliphatic carbocycles. The molecule has 182 valence electrons. The van der Waals surface area contributed by atoms with Crippen molar-refractivity contribution < 1.29 is 27.4 Å². The third kappa shape index (κ3) is 4.89. The van der Waals surface area contributed by atoms with Crippen LogP contribution in [0.25, 0.3) is 0 Å². The number of aryl methyl sites for hydroxylation is 1. The van der Waals surface area contributed by atoms with Crippen molar-refractivity contribution in [3.8, 4) is 5.75 Å². The lowest BCUT2D eigenvalue weighted by Crippen LogP contribution is -2.50. The molecule has 34 heavy (non-hydrogen) atoms. The van der Waals surface area contributed by atoms with Gasteiger partial charge in [0.1, 0.15) is 28.6 Å². The fourth-order valence-corrected chi connectivity index (χ4v) is 3.71. The lowest BCUT2D eigenvalue weighted by molar-refractivity contribution is -0.194. The standard InChI is InChI=1S/C22H23ClF3N5O3/c1-13-17(33-12-21(6-7-21)22(24,25)26)5-4-16(27-13)19(32)30-8-10-31(11-9-30)20-29-18(14(2)34-20)28-15(3)23/h4-5H,2-3,6-12H2,1H3/b28-18+. The van der Waals surface area contributed by atoms with Gasteiger partial charge in [0.25, 0.3) is 11.9 Å². The summed E-state index contributed by atoms with van der Waals surface area (Å²) in [7, 11) is 0. The largest absolute Gasteiger partial charge is 0.491 e. The number of aliphatic imine (C=N–C) groups is 2. The number of pyridine rings is 1.